The zero-order valence-electron chi connectivity index (χ0n) is 7.65. The zero-order chi connectivity index (χ0) is 9.14. The van der Waals surface area contributed by atoms with E-state index in [4.69, 9.17) is 4.74 Å². The summed E-state index contributed by atoms with van der Waals surface area (Å²) in [6.07, 6.45) is 0. The molecule has 1 nitrogen and oxygen atoms in total. The van der Waals surface area contributed by atoms with E-state index in [1.54, 1.807) is 19.1 Å². The smallest absolute Gasteiger partial charge is 0.167 e. The maximum atomic E-state index is 13.2. The topological polar surface area (TPSA) is 9.23 Å². The summed E-state index contributed by atoms with van der Waals surface area (Å²) in [6, 6.07) is 3.52. The van der Waals surface area contributed by atoms with E-state index in [0.717, 1.165) is 5.56 Å². The minimum absolute atomic E-state index is 0.248. The minimum atomic E-state index is -0.248. The zero-order valence-corrected chi connectivity index (χ0v) is 7.65. The van der Waals surface area contributed by atoms with Crippen LogP contribution in [0.25, 0.3) is 0 Å². The molecule has 0 unspecified atom stereocenters. The molecule has 1 aromatic carbocycles. The van der Waals surface area contributed by atoms with Gasteiger partial charge in [0.1, 0.15) is 0 Å². The molecule has 0 amide bonds. The Morgan fingerprint density at radius 1 is 1.33 bits per heavy atom. The van der Waals surface area contributed by atoms with E-state index in [1.807, 2.05) is 13.8 Å². The molecule has 2 heteroatoms. The van der Waals surface area contributed by atoms with Crippen LogP contribution in [-0.2, 0) is 0 Å². The highest BCUT2D eigenvalue weighted by molar-refractivity contribution is 5.35. The van der Waals surface area contributed by atoms with Crippen molar-refractivity contribution < 1.29 is 9.13 Å². The van der Waals surface area contributed by atoms with Crippen LogP contribution < -0.4 is 4.74 Å². The molecule has 1 rings (SSSR count). The molecule has 0 heterocycles. The molecule has 0 N–H and O–H groups in total. The molecule has 1 aromatic rings. The van der Waals surface area contributed by atoms with Gasteiger partial charge in [-0.15, -0.1) is 0 Å². The first-order chi connectivity index (χ1) is 5.65. The van der Waals surface area contributed by atoms with Crippen molar-refractivity contribution in [3.8, 4) is 5.75 Å². The van der Waals surface area contributed by atoms with Gasteiger partial charge in [-0.3, -0.25) is 0 Å². The van der Waals surface area contributed by atoms with Gasteiger partial charge >= 0.3 is 0 Å². The van der Waals surface area contributed by atoms with Gasteiger partial charge in [0.2, 0.25) is 0 Å². The third-order valence-corrected chi connectivity index (χ3v) is 1.67. The van der Waals surface area contributed by atoms with Crippen LogP contribution in [0.4, 0.5) is 4.39 Å². The lowest BCUT2D eigenvalue weighted by molar-refractivity contribution is 0.320. The quantitative estimate of drug-likeness (QED) is 0.659. The van der Waals surface area contributed by atoms with Crippen molar-refractivity contribution in [2.45, 2.75) is 20.8 Å². The molecule has 0 aliphatic rings. The summed E-state index contributed by atoms with van der Waals surface area (Å²) >= 11 is 0. The van der Waals surface area contributed by atoms with Gasteiger partial charge < -0.3 is 4.74 Å². The van der Waals surface area contributed by atoms with Gasteiger partial charge in [-0.05, 0) is 38.0 Å². The fourth-order valence-electron chi connectivity index (χ4n) is 1.17. The molecular formula is C10H13FO. The summed E-state index contributed by atoms with van der Waals surface area (Å²) in [7, 11) is 0. The maximum Gasteiger partial charge on any atom is 0.167 e. The molecule has 0 aliphatic carbocycles. The number of ether oxygens (including phenoxy) is 1. The molecule has 12 heavy (non-hydrogen) atoms. The van der Waals surface area contributed by atoms with Gasteiger partial charge in [0.05, 0.1) is 6.61 Å². The van der Waals surface area contributed by atoms with Crippen LogP contribution in [-0.4, -0.2) is 6.61 Å². The van der Waals surface area contributed by atoms with Crippen LogP contribution in [0.15, 0.2) is 12.1 Å². The Balaban J connectivity index is 3.09. The summed E-state index contributed by atoms with van der Waals surface area (Å²) in [6.45, 7) is 6.01. The van der Waals surface area contributed by atoms with Gasteiger partial charge in [-0.25, -0.2) is 4.39 Å². The largest absolute Gasteiger partial charge is 0.491 e. The van der Waals surface area contributed by atoms with Crippen LogP contribution in [0.1, 0.15) is 18.1 Å². The van der Waals surface area contributed by atoms with E-state index in [-0.39, 0.29) is 5.82 Å². The second kappa shape index (κ2) is 3.57. The summed E-state index contributed by atoms with van der Waals surface area (Å²) < 4.78 is 18.4. The lowest BCUT2D eigenvalue weighted by Gasteiger charge is -2.07. The molecular weight excluding hydrogens is 155 g/mol. The molecule has 0 saturated carbocycles. The Hall–Kier alpha value is -1.05. The first-order valence-corrected chi connectivity index (χ1v) is 4.04. The van der Waals surface area contributed by atoms with Gasteiger partial charge in [-0.2, -0.15) is 0 Å². The number of halogens is 1. The van der Waals surface area contributed by atoms with Crippen LogP contribution >= 0.6 is 0 Å². The highest BCUT2D eigenvalue weighted by atomic mass is 19.1. The van der Waals surface area contributed by atoms with E-state index in [2.05, 4.69) is 0 Å². The predicted molar refractivity (Wildman–Crippen MR) is 47.0 cm³/mol. The molecule has 0 fully saturated rings. The number of hydrogen-bond acceptors (Lipinski definition) is 1. The fourth-order valence-corrected chi connectivity index (χ4v) is 1.17. The average molecular weight is 168 g/mol. The van der Waals surface area contributed by atoms with Crippen molar-refractivity contribution in [3.63, 3.8) is 0 Å². The van der Waals surface area contributed by atoms with Crippen LogP contribution in [0, 0.1) is 19.7 Å². The summed E-state index contributed by atoms with van der Waals surface area (Å²) in [5.41, 5.74) is 1.66. The average Bonchev–Trinajstić information content (AvgIpc) is 2.00. The third-order valence-electron chi connectivity index (χ3n) is 1.67. The number of hydrogen-bond donors (Lipinski definition) is 0. The fraction of sp³-hybridized carbons (Fsp3) is 0.400. The monoisotopic (exact) mass is 168 g/mol. The Labute approximate surface area is 72.2 Å². The van der Waals surface area contributed by atoms with Gasteiger partial charge in [-0.1, -0.05) is 6.07 Å². The number of benzene rings is 1. The first-order valence-electron chi connectivity index (χ1n) is 4.04. The Bertz CT molecular complexity index is 281. The standard InChI is InChI=1S/C10H13FO/c1-4-12-9-6-7(2)5-8(3)10(9)11/h5-6H,4H2,1-3H3. The van der Waals surface area contributed by atoms with Crippen molar-refractivity contribution >= 4 is 0 Å². The lowest BCUT2D eigenvalue weighted by atomic mass is 10.1. The molecule has 0 saturated heterocycles. The summed E-state index contributed by atoms with van der Waals surface area (Å²) in [4.78, 5) is 0. The molecule has 0 atom stereocenters. The second-order valence-corrected chi connectivity index (χ2v) is 2.83. The van der Waals surface area contributed by atoms with E-state index in [0.29, 0.717) is 17.9 Å². The summed E-state index contributed by atoms with van der Waals surface area (Å²) in [5.74, 6) is 0.109. The highest BCUT2D eigenvalue weighted by Gasteiger charge is 2.06. The Morgan fingerprint density at radius 3 is 2.58 bits per heavy atom. The van der Waals surface area contributed by atoms with Crippen molar-refractivity contribution in [2.75, 3.05) is 6.61 Å². The molecule has 0 spiro atoms. The number of aryl methyl sites for hydroxylation is 2. The van der Waals surface area contributed by atoms with Crippen LogP contribution in [0.3, 0.4) is 0 Å². The minimum Gasteiger partial charge on any atom is -0.491 e. The SMILES string of the molecule is CCOc1cc(C)cc(C)c1F. The van der Waals surface area contributed by atoms with Gasteiger partial charge in [0.25, 0.3) is 0 Å². The Kier molecular flexibility index (Phi) is 2.69. The van der Waals surface area contributed by atoms with E-state index >= 15 is 0 Å². The maximum absolute atomic E-state index is 13.2. The first kappa shape index (κ1) is 9.04. The van der Waals surface area contributed by atoms with Crippen LogP contribution in [0.5, 0.6) is 5.75 Å². The van der Waals surface area contributed by atoms with Crippen molar-refractivity contribution in [3.05, 3.63) is 29.1 Å². The predicted octanol–water partition coefficient (Wildman–Crippen LogP) is 2.84. The van der Waals surface area contributed by atoms with E-state index < -0.39 is 0 Å². The lowest BCUT2D eigenvalue weighted by Crippen LogP contribution is -1.96. The van der Waals surface area contributed by atoms with Crippen molar-refractivity contribution in [1.82, 2.24) is 0 Å². The second-order valence-electron chi connectivity index (χ2n) is 2.83. The van der Waals surface area contributed by atoms with E-state index in [1.165, 1.54) is 0 Å². The number of rotatable bonds is 2. The van der Waals surface area contributed by atoms with Crippen LogP contribution in [0.2, 0.25) is 0 Å². The molecule has 66 valence electrons. The van der Waals surface area contributed by atoms with Gasteiger partial charge in [0.15, 0.2) is 11.6 Å². The molecule has 0 aromatic heterocycles. The molecule has 0 bridgehead atoms. The summed E-state index contributed by atoms with van der Waals surface area (Å²) in [5, 5.41) is 0. The molecule has 0 aliphatic heterocycles. The van der Waals surface area contributed by atoms with Crippen molar-refractivity contribution in [2.24, 2.45) is 0 Å². The highest BCUT2D eigenvalue weighted by Crippen LogP contribution is 2.21. The van der Waals surface area contributed by atoms with Gasteiger partial charge in [0, 0.05) is 0 Å². The molecule has 0 radical (unpaired) electrons. The van der Waals surface area contributed by atoms with Crippen molar-refractivity contribution in [1.29, 1.82) is 0 Å². The van der Waals surface area contributed by atoms with E-state index in [9.17, 15) is 4.39 Å². The normalized spacial score (nSPS) is 10.0. The third kappa shape index (κ3) is 1.76. The Morgan fingerprint density at radius 2 is 2.00 bits per heavy atom.